The number of carbonyl (C=O) groups excluding carboxylic acids is 3. The van der Waals surface area contributed by atoms with E-state index in [9.17, 15) is 14.4 Å². The Hall–Kier alpha value is -2.29. The van der Waals surface area contributed by atoms with Gasteiger partial charge in [0, 0.05) is 52.4 Å². The summed E-state index contributed by atoms with van der Waals surface area (Å²) >= 11 is 0. The molecule has 1 aromatic carbocycles. The van der Waals surface area contributed by atoms with E-state index >= 15 is 0 Å². The lowest BCUT2D eigenvalue weighted by Gasteiger charge is -2.43. The topological polar surface area (TPSA) is 88.2 Å². The molecule has 8 heteroatoms. The summed E-state index contributed by atoms with van der Waals surface area (Å²) < 4.78 is 11.7. The molecule has 35 heavy (non-hydrogen) atoms. The minimum absolute atomic E-state index is 0.134. The van der Waals surface area contributed by atoms with Crippen LogP contribution in [0.1, 0.15) is 72.9 Å². The number of nitrogens with one attached hydrogen (secondary N) is 1. The van der Waals surface area contributed by atoms with Crippen molar-refractivity contribution in [3.05, 3.63) is 34.9 Å². The second kappa shape index (κ2) is 9.99. The molecule has 1 unspecified atom stereocenters. The fourth-order valence-electron chi connectivity index (χ4n) is 6.48. The van der Waals surface area contributed by atoms with Gasteiger partial charge in [-0.05, 0) is 68.1 Å². The number of carbonyl (C=O) groups is 3. The molecule has 0 radical (unpaired) electrons. The molecule has 3 heterocycles. The highest BCUT2D eigenvalue weighted by atomic mass is 16.5. The van der Waals surface area contributed by atoms with Gasteiger partial charge in [0.15, 0.2) is 0 Å². The third kappa shape index (κ3) is 4.76. The van der Waals surface area contributed by atoms with Gasteiger partial charge in [-0.3, -0.25) is 19.7 Å². The highest BCUT2D eigenvalue weighted by molar-refractivity contribution is 6.05. The second-order valence-corrected chi connectivity index (χ2v) is 10.6. The van der Waals surface area contributed by atoms with Crippen LogP contribution in [0.3, 0.4) is 0 Å². The summed E-state index contributed by atoms with van der Waals surface area (Å²) in [4.78, 5) is 41.1. The highest BCUT2D eigenvalue weighted by Crippen LogP contribution is 2.39. The molecule has 3 amide bonds. The van der Waals surface area contributed by atoms with E-state index in [1.54, 1.807) is 12.0 Å². The number of amides is 3. The fourth-order valence-corrected chi connectivity index (χ4v) is 6.48. The standard InChI is InChI=1S/C27H37N3O5/c1-34-21-6-3-18(4-7-21)16-29-13-11-27(35-2,12-14-29)20-5-8-22-19(15-20)17-30(26(22)33)23-9-10-24(31)28-25(23)32/h5,8,15,18,21,23H,3-4,6-7,9-14,16-17H2,1-2H3,(H,28,31,32)/t18-,21-,23?. The summed E-state index contributed by atoms with van der Waals surface area (Å²) in [6.07, 6.45) is 7.73. The molecule has 190 valence electrons. The van der Waals surface area contributed by atoms with Gasteiger partial charge in [-0.25, -0.2) is 0 Å². The zero-order valence-electron chi connectivity index (χ0n) is 20.9. The molecule has 0 bridgehead atoms. The minimum Gasteiger partial charge on any atom is -0.381 e. The van der Waals surface area contributed by atoms with Crippen molar-refractivity contribution >= 4 is 17.7 Å². The fraction of sp³-hybridized carbons (Fsp3) is 0.667. The molecule has 0 aromatic heterocycles. The minimum atomic E-state index is -0.588. The first-order valence-corrected chi connectivity index (χ1v) is 13.0. The molecule has 4 aliphatic rings. The molecule has 0 spiro atoms. The molecule has 3 aliphatic heterocycles. The predicted molar refractivity (Wildman–Crippen MR) is 130 cm³/mol. The number of nitrogens with zero attached hydrogens (tertiary/aromatic N) is 2. The number of ether oxygens (including phenoxy) is 2. The van der Waals surface area contributed by atoms with Gasteiger partial charge in [0.05, 0.1) is 11.7 Å². The van der Waals surface area contributed by atoms with Crippen molar-refractivity contribution in [2.24, 2.45) is 5.92 Å². The lowest BCUT2D eigenvalue weighted by molar-refractivity contribution is -0.136. The van der Waals surface area contributed by atoms with E-state index in [-0.39, 0.29) is 29.7 Å². The van der Waals surface area contributed by atoms with Gasteiger partial charge in [-0.1, -0.05) is 12.1 Å². The number of rotatable bonds is 6. The van der Waals surface area contributed by atoms with Crippen LogP contribution in [-0.4, -0.2) is 73.5 Å². The molecule has 1 saturated carbocycles. The van der Waals surface area contributed by atoms with Crippen LogP contribution in [0.15, 0.2) is 18.2 Å². The van der Waals surface area contributed by atoms with E-state index < -0.39 is 6.04 Å². The Morgan fingerprint density at radius 2 is 1.77 bits per heavy atom. The highest BCUT2D eigenvalue weighted by Gasteiger charge is 2.41. The number of hydrogen-bond donors (Lipinski definition) is 1. The Kier molecular flexibility index (Phi) is 6.97. The molecule has 1 aromatic rings. The summed E-state index contributed by atoms with van der Waals surface area (Å²) in [6, 6.07) is 5.43. The van der Waals surface area contributed by atoms with Gasteiger partial charge >= 0.3 is 0 Å². The van der Waals surface area contributed by atoms with Crippen LogP contribution >= 0.6 is 0 Å². The lowest BCUT2D eigenvalue weighted by Crippen LogP contribution is -2.52. The van der Waals surface area contributed by atoms with Crippen molar-refractivity contribution in [1.29, 1.82) is 0 Å². The molecule has 8 nitrogen and oxygen atoms in total. The van der Waals surface area contributed by atoms with Crippen LogP contribution < -0.4 is 5.32 Å². The molecule has 1 N–H and O–H groups in total. The van der Waals surface area contributed by atoms with Crippen molar-refractivity contribution in [2.75, 3.05) is 33.9 Å². The molecule has 1 aliphatic carbocycles. The zero-order valence-corrected chi connectivity index (χ0v) is 20.9. The number of hydrogen-bond acceptors (Lipinski definition) is 6. The number of fused-ring (bicyclic) bond motifs is 1. The SMILES string of the molecule is COC1(c2ccc3c(c2)CN(C2CCC(=O)NC2=O)C3=O)CCN(C[C@H]2CC[C@H](OC)CC2)CC1. The third-order valence-corrected chi connectivity index (χ3v) is 8.75. The number of piperidine rings is 2. The van der Waals surface area contributed by atoms with E-state index in [1.165, 1.54) is 25.7 Å². The summed E-state index contributed by atoms with van der Waals surface area (Å²) in [5, 5.41) is 2.37. The number of methoxy groups -OCH3 is 2. The Balaban J connectivity index is 1.23. The van der Waals surface area contributed by atoms with Gasteiger partial charge in [-0.15, -0.1) is 0 Å². The Morgan fingerprint density at radius 1 is 1.03 bits per heavy atom. The van der Waals surface area contributed by atoms with Gasteiger partial charge in [-0.2, -0.15) is 0 Å². The van der Waals surface area contributed by atoms with Crippen LogP contribution in [0, 0.1) is 5.92 Å². The van der Waals surface area contributed by atoms with Crippen molar-refractivity contribution in [1.82, 2.24) is 15.1 Å². The Labute approximate surface area is 207 Å². The third-order valence-electron chi connectivity index (χ3n) is 8.75. The molecule has 2 saturated heterocycles. The van der Waals surface area contributed by atoms with Crippen LogP contribution in [0.4, 0.5) is 0 Å². The van der Waals surface area contributed by atoms with E-state index in [2.05, 4.69) is 16.3 Å². The van der Waals surface area contributed by atoms with Crippen LogP contribution in [-0.2, 0) is 31.2 Å². The van der Waals surface area contributed by atoms with E-state index in [0.29, 0.717) is 24.6 Å². The molecule has 3 fully saturated rings. The maximum Gasteiger partial charge on any atom is 0.255 e. The van der Waals surface area contributed by atoms with Gasteiger partial charge in [0.2, 0.25) is 11.8 Å². The molecular weight excluding hydrogens is 446 g/mol. The van der Waals surface area contributed by atoms with Gasteiger partial charge in [0.1, 0.15) is 6.04 Å². The largest absolute Gasteiger partial charge is 0.381 e. The van der Waals surface area contributed by atoms with Crippen molar-refractivity contribution in [3.63, 3.8) is 0 Å². The monoisotopic (exact) mass is 483 g/mol. The predicted octanol–water partition coefficient (Wildman–Crippen LogP) is 2.59. The van der Waals surface area contributed by atoms with Crippen LogP contribution in [0.5, 0.6) is 0 Å². The maximum absolute atomic E-state index is 13.0. The Bertz CT molecular complexity index is 979. The first kappa shape index (κ1) is 24.4. The molecule has 5 rings (SSSR count). The second-order valence-electron chi connectivity index (χ2n) is 10.6. The number of likely N-dealkylation sites (tertiary alicyclic amines) is 1. The summed E-state index contributed by atoms with van der Waals surface area (Å²) in [5.74, 6) is -0.0287. The average molecular weight is 484 g/mol. The van der Waals surface area contributed by atoms with Crippen LogP contribution in [0.25, 0.3) is 0 Å². The quantitative estimate of drug-likeness (QED) is 0.626. The average Bonchev–Trinajstić information content (AvgIpc) is 3.20. The van der Waals surface area contributed by atoms with Crippen molar-refractivity contribution < 1.29 is 23.9 Å². The number of imide groups is 1. The molecule has 1 atom stereocenters. The van der Waals surface area contributed by atoms with E-state index in [4.69, 9.17) is 9.47 Å². The Morgan fingerprint density at radius 3 is 2.43 bits per heavy atom. The summed E-state index contributed by atoms with van der Waals surface area (Å²) in [6.45, 7) is 3.53. The van der Waals surface area contributed by atoms with E-state index in [0.717, 1.165) is 49.5 Å². The first-order chi connectivity index (χ1) is 16.9. The van der Waals surface area contributed by atoms with Crippen molar-refractivity contribution in [3.8, 4) is 0 Å². The van der Waals surface area contributed by atoms with Crippen LogP contribution in [0.2, 0.25) is 0 Å². The smallest absolute Gasteiger partial charge is 0.255 e. The lowest BCUT2D eigenvalue weighted by atomic mass is 9.82. The zero-order chi connectivity index (χ0) is 24.6. The van der Waals surface area contributed by atoms with E-state index in [1.807, 2.05) is 19.2 Å². The summed E-state index contributed by atoms with van der Waals surface area (Å²) in [7, 11) is 3.61. The maximum atomic E-state index is 13.0. The van der Waals surface area contributed by atoms with Gasteiger partial charge in [0.25, 0.3) is 5.91 Å². The first-order valence-electron chi connectivity index (χ1n) is 13.0. The number of benzene rings is 1. The molecular formula is C27H37N3O5. The van der Waals surface area contributed by atoms with Gasteiger partial charge < -0.3 is 19.3 Å². The summed E-state index contributed by atoms with van der Waals surface area (Å²) in [5.41, 5.74) is 2.33. The van der Waals surface area contributed by atoms with Crippen molar-refractivity contribution in [2.45, 2.75) is 75.7 Å². The normalized spacial score (nSPS) is 29.3.